The zero-order chi connectivity index (χ0) is 23.6. The predicted molar refractivity (Wildman–Crippen MR) is 126 cm³/mol. The highest BCUT2D eigenvalue weighted by atomic mass is 16.6. The Balaban J connectivity index is 2.55. The number of aliphatic imine (C=N–C) groups is 1. The van der Waals surface area contributed by atoms with Crippen molar-refractivity contribution >= 4 is 18.0 Å². The number of benzene rings is 1. The van der Waals surface area contributed by atoms with Crippen molar-refractivity contribution in [1.82, 2.24) is 20.9 Å². The van der Waals surface area contributed by atoms with E-state index in [1.165, 1.54) is 0 Å². The number of rotatable bonds is 8. The minimum Gasteiger partial charge on any atom is -0.444 e. The molecule has 1 aromatic carbocycles. The van der Waals surface area contributed by atoms with E-state index in [-0.39, 0.29) is 17.9 Å². The molecular weight excluding hydrogens is 394 g/mol. The number of amides is 2. The highest BCUT2D eigenvalue weighted by Gasteiger charge is 2.21. The van der Waals surface area contributed by atoms with E-state index in [4.69, 9.17) is 4.74 Å². The molecule has 1 aromatic rings. The van der Waals surface area contributed by atoms with Crippen LogP contribution in [0.25, 0.3) is 0 Å². The Labute approximate surface area is 186 Å². The molecular formula is C23H39N5O3. The van der Waals surface area contributed by atoms with Gasteiger partial charge in [0.15, 0.2) is 5.96 Å². The summed E-state index contributed by atoms with van der Waals surface area (Å²) in [6, 6.07) is 7.53. The summed E-state index contributed by atoms with van der Waals surface area (Å²) in [5, 5.41) is 9.45. The summed E-state index contributed by atoms with van der Waals surface area (Å²) in [5.74, 6) is 0.858. The molecule has 1 unspecified atom stereocenters. The first-order chi connectivity index (χ1) is 14.4. The van der Waals surface area contributed by atoms with Crippen molar-refractivity contribution in [2.75, 3.05) is 34.2 Å². The van der Waals surface area contributed by atoms with Crippen molar-refractivity contribution in [1.29, 1.82) is 0 Å². The third-order valence-electron chi connectivity index (χ3n) is 4.51. The number of guanidine groups is 1. The molecule has 0 aromatic heterocycles. The van der Waals surface area contributed by atoms with Crippen molar-refractivity contribution < 1.29 is 14.3 Å². The van der Waals surface area contributed by atoms with Gasteiger partial charge in [-0.05, 0) is 50.8 Å². The van der Waals surface area contributed by atoms with Crippen LogP contribution in [0.5, 0.6) is 0 Å². The molecule has 0 saturated heterocycles. The van der Waals surface area contributed by atoms with E-state index in [1.54, 1.807) is 26.0 Å². The predicted octanol–water partition coefficient (Wildman–Crippen LogP) is 2.65. The molecule has 0 aliphatic rings. The summed E-state index contributed by atoms with van der Waals surface area (Å²) in [5.41, 5.74) is 1.21. The number of carbonyl (C=O) groups excluding carboxylic acids is 2. The smallest absolute Gasteiger partial charge is 0.407 e. The number of nitrogens with one attached hydrogen (secondary N) is 3. The molecule has 8 heteroatoms. The monoisotopic (exact) mass is 433 g/mol. The fourth-order valence-electron chi connectivity index (χ4n) is 2.78. The first-order valence-electron chi connectivity index (χ1n) is 10.7. The van der Waals surface area contributed by atoms with E-state index in [1.807, 2.05) is 58.9 Å². The highest BCUT2D eigenvalue weighted by molar-refractivity contribution is 5.94. The SMILES string of the molecule is CN=C(NCCc1cccc(C(=O)N(C)C)c1)NCC(NC(=O)OC(C)(C)C)C(C)C. The molecule has 1 atom stereocenters. The number of hydrogen-bond donors (Lipinski definition) is 3. The molecule has 2 amide bonds. The summed E-state index contributed by atoms with van der Waals surface area (Å²) in [7, 11) is 5.19. The largest absolute Gasteiger partial charge is 0.444 e. The van der Waals surface area contributed by atoms with Crippen LogP contribution in [0.3, 0.4) is 0 Å². The normalized spacial score (nSPS) is 12.9. The summed E-state index contributed by atoms with van der Waals surface area (Å²) >= 11 is 0. The zero-order valence-corrected chi connectivity index (χ0v) is 20.2. The van der Waals surface area contributed by atoms with Gasteiger partial charge in [0.1, 0.15) is 5.60 Å². The molecule has 3 N–H and O–H groups in total. The van der Waals surface area contributed by atoms with Crippen molar-refractivity contribution in [3.63, 3.8) is 0 Å². The molecule has 31 heavy (non-hydrogen) atoms. The van der Waals surface area contributed by atoms with Crippen LogP contribution >= 0.6 is 0 Å². The fraction of sp³-hybridized carbons (Fsp3) is 0.609. The van der Waals surface area contributed by atoms with Crippen molar-refractivity contribution in [3.05, 3.63) is 35.4 Å². The van der Waals surface area contributed by atoms with Crippen molar-refractivity contribution in [2.45, 2.75) is 52.7 Å². The molecule has 174 valence electrons. The Kier molecular flexibility index (Phi) is 10.3. The average molecular weight is 434 g/mol. The highest BCUT2D eigenvalue weighted by Crippen LogP contribution is 2.09. The molecule has 1 rings (SSSR count). The van der Waals surface area contributed by atoms with Crippen molar-refractivity contribution in [2.24, 2.45) is 10.9 Å². The summed E-state index contributed by atoms with van der Waals surface area (Å²) < 4.78 is 5.36. The molecule has 0 heterocycles. The van der Waals surface area contributed by atoms with Gasteiger partial charge in [-0.1, -0.05) is 26.0 Å². The minimum absolute atomic E-state index is 0.00972. The van der Waals surface area contributed by atoms with Gasteiger partial charge in [-0.15, -0.1) is 0 Å². The number of nitrogens with zero attached hydrogens (tertiary/aromatic N) is 2. The van der Waals surface area contributed by atoms with Gasteiger partial charge >= 0.3 is 6.09 Å². The van der Waals surface area contributed by atoms with Crippen LogP contribution in [-0.2, 0) is 11.2 Å². The van der Waals surface area contributed by atoms with Crippen LogP contribution in [0.15, 0.2) is 29.3 Å². The van der Waals surface area contributed by atoms with E-state index < -0.39 is 11.7 Å². The van der Waals surface area contributed by atoms with Crippen LogP contribution in [-0.4, -0.2) is 68.7 Å². The molecule has 0 radical (unpaired) electrons. The number of hydrogen-bond acceptors (Lipinski definition) is 4. The van der Waals surface area contributed by atoms with Gasteiger partial charge in [-0.2, -0.15) is 0 Å². The Morgan fingerprint density at radius 1 is 1.16 bits per heavy atom. The molecule has 0 bridgehead atoms. The third-order valence-corrected chi connectivity index (χ3v) is 4.51. The van der Waals surface area contributed by atoms with Gasteiger partial charge in [0, 0.05) is 39.8 Å². The van der Waals surface area contributed by atoms with Crippen LogP contribution in [0, 0.1) is 5.92 Å². The molecule has 8 nitrogen and oxygen atoms in total. The average Bonchev–Trinajstić information content (AvgIpc) is 2.67. The maximum atomic E-state index is 12.1. The Hall–Kier alpha value is -2.77. The quantitative estimate of drug-likeness (QED) is 0.433. The zero-order valence-electron chi connectivity index (χ0n) is 20.2. The molecule has 0 aliphatic heterocycles. The van der Waals surface area contributed by atoms with Crippen molar-refractivity contribution in [3.8, 4) is 0 Å². The Bertz CT molecular complexity index is 754. The lowest BCUT2D eigenvalue weighted by Crippen LogP contribution is -2.50. The summed E-state index contributed by atoms with van der Waals surface area (Å²) in [6.45, 7) is 10.8. The standard InChI is InChI=1S/C23H39N5O3/c1-16(2)19(27-22(30)31-23(3,4)5)15-26-21(24-6)25-13-12-17-10-9-11-18(14-17)20(29)28(7)8/h9-11,14,16,19H,12-13,15H2,1-8H3,(H,27,30)(H2,24,25,26). The molecule has 0 saturated carbocycles. The first kappa shape index (κ1) is 26.3. The van der Waals surface area contributed by atoms with Crippen LogP contribution in [0.4, 0.5) is 4.79 Å². The lowest BCUT2D eigenvalue weighted by Gasteiger charge is -2.26. The lowest BCUT2D eigenvalue weighted by molar-refractivity contribution is 0.0491. The molecule has 0 aliphatic carbocycles. The first-order valence-corrected chi connectivity index (χ1v) is 10.7. The Morgan fingerprint density at radius 3 is 2.39 bits per heavy atom. The maximum absolute atomic E-state index is 12.1. The summed E-state index contributed by atoms with van der Waals surface area (Å²) in [6.07, 6.45) is 0.321. The Morgan fingerprint density at radius 2 is 1.84 bits per heavy atom. The second kappa shape index (κ2) is 12.2. The van der Waals surface area contributed by atoms with Gasteiger partial charge in [-0.3, -0.25) is 9.79 Å². The molecule has 0 spiro atoms. The van der Waals surface area contributed by atoms with Gasteiger partial charge < -0.3 is 25.6 Å². The van der Waals surface area contributed by atoms with Crippen LogP contribution in [0.2, 0.25) is 0 Å². The van der Waals surface area contributed by atoms with Gasteiger partial charge in [-0.25, -0.2) is 4.79 Å². The minimum atomic E-state index is -0.537. The fourth-order valence-corrected chi connectivity index (χ4v) is 2.78. The second-order valence-electron chi connectivity index (χ2n) is 9.03. The maximum Gasteiger partial charge on any atom is 0.407 e. The molecule has 0 fully saturated rings. The van der Waals surface area contributed by atoms with E-state index in [0.29, 0.717) is 24.6 Å². The van der Waals surface area contributed by atoms with Gasteiger partial charge in [0.25, 0.3) is 5.91 Å². The van der Waals surface area contributed by atoms with E-state index >= 15 is 0 Å². The van der Waals surface area contributed by atoms with E-state index in [9.17, 15) is 9.59 Å². The van der Waals surface area contributed by atoms with Crippen LogP contribution < -0.4 is 16.0 Å². The lowest BCUT2D eigenvalue weighted by atomic mass is 10.0. The topological polar surface area (TPSA) is 95.1 Å². The number of ether oxygens (including phenoxy) is 1. The third kappa shape index (κ3) is 10.2. The summed E-state index contributed by atoms with van der Waals surface area (Å²) in [4.78, 5) is 30.0. The van der Waals surface area contributed by atoms with E-state index in [2.05, 4.69) is 20.9 Å². The number of alkyl carbamates (subject to hydrolysis) is 1. The van der Waals surface area contributed by atoms with Gasteiger partial charge in [0.2, 0.25) is 0 Å². The second-order valence-corrected chi connectivity index (χ2v) is 9.03. The van der Waals surface area contributed by atoms with Crippen LogP contribution in [0.1, 0.15) is 50.5 Å². The number of carbonyl (C=O) groups is 2. The van der Waals surface area contributed by atoms with E-state index in [0.717, 1.165) is 12.0 Å². The van der Waals surface area contributed by atoms with Gasteiger partial charge in [0.05, 0.1) is 6.04 Å².